The van der Waals surface area contributed by atoms with Crippen molar-refractivity contribution in [2.24, 2.45) is 0 Å². The van der Waals surface area contributed by atoms with Gasteiger partial charge in [0.25, 0.3) is 5.91 Å². The van der Waals surface area contributed by atoms with E-state index in [0.29, 0.717) is 17.9 Å². The van der Waals surface area contributed by atoms with Gasteiger partial charge in [-0.1, -0.05) is 65.8 Å². The van der Waals surface area contributed by atoms with E-state index in [4.69, 9.17) is 4.52 Å². The van der Waals surface area contributed by atoms with E-state index in [-0.39, 0.29) is 11.3 Å². The average molecular weight is 346 g/mol. The van der Waals surface area contributed by atoms with Crippen LogP contribution in [0.1, 0.15) is 40.1 Å². The molecule has 0 unspecified atom stereocenters. The first kappa shape index (κ1) is 16.6. The van der Waals surface area contributed by atoms with Gasteiger partial charge in [0, 0.05) is 18.5 Å². The number of carbonyl (C=O) groups excluding carboxylic acids is 1. The summed E-state index contributed by atoms with van der Waals surface area (Å²) in [6.07, 6.45) is 3.51. The Kier molecular flexibility index (Phi) is 4.33. The predicted molar refractivity (Wildman–Crippen MR) is 100 cm³/mol. The van der Waals surface area contributed by atoms with Crippen LogP contribution in [0.15, 0.2) is 71.4 Å². The van der Waals surface area contributed by atoms with Crippen LogP contribution >= 0.6 is 0 Å². The van der Waals surface area contributed by atoms with Crippen molar-refractivity contribution < 1.29 is 9.32 Å². The highest BCUT2D eigenvalue weighted by Crippen LogP contribution is 2.40. The summed E-state index contributed by atoms with van der Waals surface area (Å²) in [5, 5.41) is 3.77. The molecule has 0 aliphatic carbocycles. The average Bonchev–Trinajstić information content (AvgIpc) is 3.14. The molecule has 0 saturated carbocycles. The van der Waals surface area contributed by atoms with Gasteiger partial charge in [-0.2, -0.15) is 0 Å². The van der Waals surface area contributed by atoms with E-state index in [2.05, 4.69) is 53.7 Å². The second-order valence-corrected chi connectivity index (χ2v) is 6.94. The van der Waals surface area contributed by atoms with Crippen molar-refractivity contribution >= 4 is 5.91 Å². The van der Waals surface area contributed by atoms with Crippen LogP contribution in [0.2, 0.25) is 0 Å². The minimum Gasteiger partial charge on any atom is -0.361 e. The maximum atomic E-state index is 13.1. The third-order valence-electron chi connectivity index (χ3n) is 5.41. The normalized spacial score (nSPS) is 16.4. The molecule has 0 radical (unpaired) electrons. The number of amides is 1. The lowest BCUT2D eigenvalue weighted by Crippen LogP contribution is -2.49. The van der Waals surface area contributed by atoms with E-state index in [0.717, 1.165) is 19.4 Å². The van der Waals surface area contributed by atoms with Crippen LogP contribution in [-0.4, -0.2) is 29.1 Å². The summed E-state index contributed by atoms with van der Waals surface area (Å²) in [6, 6.07) is 21.1. The highest BCUT2D eigenvalue weighted by molar-refractivity contribution is 5.95. The minimum atomic E-state index is -0.193. The fraction of sp³-hybridized carbons (Fsp3) is 0.273. The second kappa shape index (κ2) is 6.79. The van der Waals surface area contributed by atoms with E-state index < -0.39 is 0 Å². The third kappa shape index (κ3) is 2.81. The molecule has 4 heteroatoms. The quantitative estimate of drug-likeness (QED) is 0.714. The van der Waals surface area contributed by atoms with Gasteiger partial charge in [-0.3, -0.25) is 4.79 Å². The lowest BCUT2D eigenvalue weighted by molar-refractivity contribution is 0.0664. The van der Waals surface area contributed by atoms with Crippen LogP contribution in [0, 0.1) is 6.92 Å². The van der Waals surface area contributed by atoms with Crippen LogP contribution in [0.25, 0.3) is 0 Å². The molecule has 0 atom stereocenters. The first-order valence-corrected chi connectivity index (χ1v) is 9.02. The Hall–Kier alpha value is -2.88. The van der Waals surface area contributed by atoms with Gasteiger partial charge >= 0.3 is 0 Å². The van der Waals surface area contributed by atoms with Gasteiger partial charge in [0.15, 0.2) is 0 Å². The lowest BCUT2D eigenvalue weighted by Gasteiger charge is -2.44. The van der Waals surface area contributed by atoms with Crippen molar-refractivity contribution in [2.45, 2.75) is 25.2 Å². The highest BCUT2D eigenvalue weighted by atomic mass is 16.5. The number of hydrogen-bond donors (Lipinski definition) is 0. The van der Waals surface area contributed by atoms with Crippen LogP contribution in [-0.2, 0) is 5.41 Å². The number of benzene rings is 2. The van der Waals surface area contributed by atoms with Gasteiger partial charge in [0.05, 0.1) is 6.20 Å². The molecule has 26 heavy (non-hydrogen) atoms. The molecule has 0 spiro atoms. The Labute approximate surface area is 153 Å². The molecule has 2 heterocycles. The first-order valence-electron chi connectivity index (χ1n) is 9.02. The smallest absolute Gasteiger partial charge is 0.259 e. The first-order chi connectivity index (χ1) is 12.7. The summed E-state index contributed by atoms with van der Waals surface area (Å²) in [5.41, 5.74) is 2.88. The van der Waals surface area contributed by atoms with Crippen molar-refractivity contribution in [1.82, 2.24) is 10.1 Å². The highest BCUT2D eigenvalue weighted by Gasteiger charge is 2.40. The molecule has 3 aromatic rings. The number of piperidine rings is 1. The molecule has 4 rings (SSSR count). The zero-order chi connectivity index (χ0) is 18.0. The minimum absolute atomic E-state index is 0.000290. The maximum Gasteiger partial charge on any atom is 0.259 e. The van der Waals surface area contributed by atoms with Crippen LogP contribution in [0.4, 0.5) is 0 Å². The summed E-state index contributed by atoms with van der Waals surface area (Å²) < 4.78 is 5.10. The SMILES string of the molecule is Cc1oncc1C(=O)N1CCCC(c2ccccc2)(c2ccccc2)C1. The van der Waals surface area contributed by atoms with Crippen molar-refractivity contribution in [3.05, 3.63) is 89.3 Å². The van der Waals surface area contributed by atoms with Crippen LogP contribution in [0.3, 0.4) is 0 Å². The molecule has 0 N–H and O–H groups in total. The number of aryl methyl sites for hydroxylation is 1. The Bertz CT molecular complexity index is 847. The standard InChI is InChI=1S/C22H22N2O2/c1-17-20(15-23-26-17)21(25)24-14-8-13-22(16-24,18-9-4-2-5-10-18)19-11-6-3-7-12-19/h2-7,9-12,15H,8,13-14,16H2,1H3. The molecule has 0 bridgehead atoms. The molecule has 1 aliphatic rings. The van der Waals surface area contributed by atoms with Crippen LogP contribution < -0.4 is 0 Å². The van der Waals surface area contributed by atoms with Crippen LogP contribution in [0.5, 0.6) is 0 Å². The van der Waals surface area contributed by atoms with Crippen molar-refractivity contribution in [2.75, 3.05) is 13.1 Å². The predicted octanol–water partition coefficient (Wildman–Crippen LogP) is 4.21. The topological polar surface area (TPSA) is 46.3 Å². The Balaban J connectivity index is 1.75. The monoisotopic (exact) mass is 346 g/mol. The van der Waals surface area contributed by atoms with E-state index >= 15 is 0 Å². The zero-order valence-corrected chi connectivity index (χ0v) is 14.9. The van der Waals surface area contributed by atoms with Gasteiger partial charge in [-0.25, -0.2) is 0 Å². The Morgan fingerprint density at radius 2 is 1.65 bits per heavy atom. The summed E-state index contributed by atoms with van der Waals surface area (Å²) in [6.45, 7) is 3.20. The van der Waals surface area contributed by atoms with Crippen molar-refractivity contribution in [3.8, 4) is 0 Å². The summed E-state index contributed by atoms with van der Waals surface area (Å²) in [7, 11) is 0. The number of carbonyl (C=O) groups is 1. The lowest BCUT2D eigenvalue weighted by atomic mass is 9.69. The molecule has 2 aromatic carbocycles. The molecule has 4 nitrogen and oxygen atoms in total. The molecule has 1 aliphatic heterocycles. The summed E-state index contributed by atoms with van der Waals surface area (Å²) in [5.74, 6) is 0.574. The van der Waals surface area contributed by atoms with E-state index in [1.807, 2.05) is 17.0 Å². The molecule has 1 amide bonds. The molecule has 132 valence electrons. The van der Waals surface area contributed by atoms with Gasteiger partial charge in [-0.05, 0) is 30.9 Å². The number of nitrogens with zero attached hydrogens (tertiary/aromatic N) is 2. The fourth-order valence-corrected chi connectivity index (χ4v) is 4.06. The molecule has 1 fully saturated rings. The molecule has 1 saturated heterocycles. The second-order valence-electron chi connectivity index (χ2n) is 6.94. The number of likely N-dealkylation sites (tertiary alicyclic amines) is 1. The number of hydrogen-bond acceptors (Lipinski definition) is 3. The number of rotatable bonds is 3. The summed E-state index contributed by atoms with van der Waals surface area (Å²) >= 11 is 0. The van der Waals surface area contributed by atoms with E-state index in [1.54, 1.807) is 6.92 Å². The van der Waals surface area contributed by atoms with E-state index in [9.17, 15) is 4.79 Å². The number of aromatic nitrogens is 1. The summed E-state index contributed by atoms with van der Waals surface area (Å²) in [4.78, 5) is 15.0. The molecule has 1 aromatic heterocycles. The van der Waals surface area contributed by atoms with Crippen molar-refractivity contribution in [1.29, 1.82) is 0 Å². The van der Waals surface area contributed by atoms with Crippen molar-refractivity contribution in [3.63, 3.8) is 0 Å². The van der Waals surface area contributed by atoms with Gasteiger partial charge in [0.1, 0.15) is 11.3 Å². The largest absolute Gasteiger partial charge is 0.361 e. The van der Waals surface area contributed by atoms with Gasteiger partial charge in [0.2, 0.25) is 0 Å². The maximum absolute atomic E-state index is 13.1. The zero-order valence-electron chi connectivity index (χ0n) is 14.9. The van der Waals surface area contributed by atoms with E-state index in [1.165, 1.54) is 17.3 Å². The molecular weight excluding hydrogens is 324 g/mol. The Morgan fingerprint density at radius 3 is 2.19 bits per heavy atom. The molecular formula is C22H22N2O2. The fourth-order valence-electron chi connectivity index (χ4n) is 4.06. The van der Waals surface area contributed by atoms with Gasteiger partial charge in [-0.15, -0.1) is 0 Å². The third-order valence-corrected chi connectivity index (χ3v) is 5.41. The Morgan fingerprint density at radius 1 is 1.04 bits per heavy atom. The van der Waals surface area contributed by atoms with Gasteiger partial charge < -0.3 is 9.42 Å².